The maximum Gasteiger partial charge on any atom is 0.288 e. The Kier molecular flexibility index (Phi) is 3.82. The third-order valence-corrected chi connectivity index (χ3v) is 2.34. The SMILES string of the molecule is C=CC[C@@H](N)c1ccc(Cl)c([N+](=O)[O-])c1. The van der Waals surface area contributed by atoms with Gasteiger partial charge in [0.15, 0.2) is 0 Å². The fraction of sp³-hybridized carbons (Fsp3) is 0.200. The van der Waals surface area contributed by atoms with Gasteiger partial charge in [0.25, 0.3) is 5.69 Å². The zero-order valence-electron chi connectivity index (χ0n) is 8.02. The average molecular weight is 227 g/mol. The van der Waals surface area contributed by atoms with Gasteiger partial charge in [-0.25, -0.2) is 0 Å². The van der Waals surface area contributed by atoms with Crippen molar-refractivity contribution in [3.8, 4) is 0 Å². The monoisotopic (exact) mass is 226 g/mol. The summed E-state index contributed by atoms with van der Waals surface area (Å²) in [7, 11) is 0. The van der Waals surface area contributed by atoms with Crippen molar-refractivity contribution in [1.82, 2.24) is 0 Å². The summed E-state index contributed by atoms with van der Waals surface area (Å²) in [6.45, 7) is 3.56. The lowest BCUT2D eigenvalue weighted by Crippen LogP contribution is -2.09. The number of benzene rings is 1. The van der Waals surface area contributed by atoms with E-state index >= 15 is 0 Å². The molecule has 0 saturated carbocycles. The number of halogens is 1. The van der Waals surface area contributed by atoms with E-state index in [0.717, 1.165) is 0 Å². The first-order valence-corrected chi connectivity index (χ1v) is 4.74. The van der Waals surface area contributed by atoms with Crippen molar-refractivity contribution in [2.75, 3.05) is 0 Å². The van der Waals surface area contributed by atoms with E-state index in [1.165, 1.54) is 12.1 Å². The van der Waals surface area contributed by atoms with Gasteiger partial charge in [-0.3, -0.25) is 10.1 Å². The van der Waals surface area contributed by atoms with E-state index in [1.54, 1.807) is 12.1 Å². The Labute approximate surface area is 92.5 Å². The lowest BCUT2D eigenvalue weighted by molar-refractivity contribution is -0.384. The minimum absolute atomic E-state index is 0.117. The molecule has 1 aromatic carbocycles. The highest BCUT2D eigenvalue weighted by Crippen LogP contribution is 2.27. The molecule has 1 aromatic rings. The Morgan fingerprint density at radius 1 is 1.67 bits per heavy atom. The van der Waals surface area contributed by atoms with Gasteiger partial charge in [0.05, 0.1) is 4.92 Å². The van der Waals surface area contributed by atoms with Gasteiger partial charge in [0.1, 0.15) is 5.02 Å². The average Bonchev–Trinajstić information content (AvgIpc) is 2.18. The Bertz CT molecular complexity index is 393. The molecule has 4 nitrogen and oxygen atoms in total. The fourth-order valence-electron chi connectivity index (χ4n) is 1.22. The van der Waals surface area contributed by atoms with Crippen molar-refractivity contribution in [3.63, 3.8) is 0 Å². The first-order chi connectivity index (χ1) is 7.06. The lowest BCUT2D eigenvalue weighted by Gasteiger charge is -2.09. The molecule has 1 atom stereocenters. The molecule has 15 heavy (non-hydrogen) atoms. The molecular formula is C10H11ClN2O2. The van der Waals surface area contributed by atoms with Crippen molar-refractivity contribution in [2.24, 2.45) is 5.73 Å². The first kappa shape index (κ1) is 11.7. The Morgan fingerprint density at radius 3 is 2.87 bits per heavy atom. The van der Waals surface area contributed by atoms with Gasteiger partial charge >= 0.3 is 0 Å². The highest BCUT2D eigenvalue weighted by Gasteiger charge is 2.15. The van der Waals surface area contributed by atoms with Crippen LogP contribution in [0.15, 0.2) is 30.9 Å². The summed E-state index contributed by atoms with van der Waals surface area (Å²) >= 11 is 5.67. The molecule has 0 aliphatic carbocycles. The molecule has 0 spiro atoms. The summed E-state index contributed by atoms with van der Waals surface area (Å²) in [6, 6.07) is 4.29. The molecule has 80 valence electrons. The van der Waals surface area contributed by atoms with Crippen LogP contribution in [-0.4, -0.2) is 4.92 Å². The van der Waals surface area contributed by atoms with Gasteiger partial charge in [-0.15, -0.1) is 6.58 Å². The third kappa shape index (κ3) is 2.78. The van der Waals surface area contributed by atoms with Crippen LogP contribution in [0.3, 0.4) is 0 Å². The van der Waals surface area contributed by atoms with Crippen molar-refractivity contribution in [3.05, 3.63) is 51.6 Å². The predicted molar refractivity (Wildman–Crippen MR) is 59.8 cm³/mol. The van der Waals surface area contributed by atoms with Crippen molar-refractivity contribution in [2.45, 2.75) is 12.5 Å². The van der Waals surface area contributed by atoms with E-state index in [0.29, 0.717) is 12.0 Å². The molecule has 0 unspecified atom stereocenters. The molecule has 0 aliphatic rings. The fourth-order valence-corrected chi connectivity index (χ4v) is 1.40. The van der Waals surface area contributed by atoms with E-state index in [2.05, 4.69) is 6.58 Å². The van der Waals surface area contributed by atoms with Crippen LogP contribution >= 0.6 is 11.6 Å². The van der Waals surface area contributed by atoms with E-state index in [-0.39, 0.29) is 16.8 Å². The second kappa shape index (κ2) is 4.91. The molecular weight excluding hydrogens is 216 g/mol. The van der Waals surface area contributed by atoms with Crippen molar-refractivity contribution >= 4 is 17.3 Å². The zero-order chi connectivity index (χ0) is 11.4. The molecule has 0 aliphatic heterocycles. The van der Waals surface area contributed by atoms with Crippen LogP contribution in [0.4, 0.5) is 5.69 Å². The molecule has 0 heterocycles. The Hall–Kier alpha value is -1.39. The summed E-state index contributed by atoms with van der Waals surface area (Å²) in [5.74, 6) is 0. The number of nitrogens with zero attached hydrogens (tertiary/aromatic N) is 1. The number of nitrogens with two attached hydrogens (primary N) is 1. The van der Waals surface area contributed by atoms with Crippen LogP contribution in [0.2, 0.25) is 5.02 Å². The van der Waals surface area contributed by atoms with Crippen LogP contribution < -0.4 is 5.73 Å². The van der Waals surface area contributed by atoms with Gasteiger partial charge in [0.2, 0.25) is 0 Å². The third-order valence-electron chi connectivity index (χ3n) is 2.02. The number of nitro benzene ring substituents is 1. The minimum Gasteiger partial charge on any atom is -0.324 e. The van der Waals surface area contributed by atoms with Crippen molar-refractivity contribution in [1.29, 1.82) is 0 Å². The summed E-state index contributed by atoms with van der Waals surface area (Å²) in [6.07, 6.45) is 2.24. The highest BCUT2D eigenvalue weighted by molar-refractivity contribution is 6.32. The first-order valence-electron chi connectivity index (χ1n) is 4.36. The van der Waals surface area contributed by atoms with E-state index in [4.69, 9.17) is 17.3 Å². The van der Waals surface area contributed by atoms with Crippen LogP contribution in [0.25, 0.3) is 0 Å². The number of hydrogen-bond donors (Lipinski definition) is 1. The molecule has 0 saturated heterocycles. The molecule has 0 amide bonds. The largest absolute Gasteiger partial charge is 0.324 e. The van der Waals surface area contributed by atoms with Gasteiger partial charge in [-0.1, -0.05) is 23.7 Å². The van der Waals surface area contributed by atoms with Crippen molar-refractivity contribution < 1.29 is 4.92 Å². The van der Waals surface area contributed by atoms with Gasteiger partial charge in [-0.05, 0) is 18.1 Å². The number of nitro groups is 1. The highest BCUT2D eigenvalue weighted by atomic mass is 35.5. The van der Waals surface area contributed by atoms with E-state index in [9.17, 15) is 10.1 Å². The summed E-state index contributed by atoms with van der Waals surface area (Å²) in [5, 5.41) is 10.7. The summed E-state index contributed by atoms with van der Waals surface area (Å²) in [5.41, 5.74) is 6.36. The standard InChI is InChI=1S/C10H11ClN2O2/c1-2-3-9(12)7-4-5-8(11)10(6-7)13(14)15/h2,4-6,9H,1,3,12H2/t9-/m1/s1. The van der Waals surface area contributed by atoms with E-state index < -0.39 is 4.92 Å². The molecule has 0 radical (unpaired) electrons. The molecule has 0 fully saturated rings. The normalized spacial score (nSPS) is 12.1. The van der Waals surface area contributed by atoms with Crippen LogP contribution in [0.1, 0.15) is 18.0 Å². The van der Waals surface area contributed by atoms with E-state index in [1.807, 2.05) is 0 Å². The predicted octanol–water partition coefficient (Wildman–Crippen LogP) is 2.82. The Balaban J connectivity index is 3.06. The maximum absolute atomic E-state index is 10.6. The minimum atomic E-state index is -0.521. The smallest absolute Gasteiger partial charge is 0.288 e. The molecule has 5 heteroatoms. The second-order valence-corrected chi connectivity index (χ2v) is 3.51. The second-order valence-electron chi connectivity index (χ2n) is 3.10. The molecule has 0 bridgehead atoms. The Morgan fingerprint density at radius 2 is 2.33 bits per heavy atom. The topological polar surface area (TPSA) is 69.2 Å². The lowest BCUT2D eigenvalue weighted by atomic mass is 10.0. The molecule has 2 N–H and O–H groups in total. The van der Waals surface area contributed by atoms with Gasteiger partial charge in [-0.2, -0.15) is 0 Å². The maximum atomic E-state index is 10.6. The summed E-state index contributed by atoms with van der Waals surface area (Å²) < 4.78 is 0. The molecule has 1 rings (SSSR count). The van der Waals surface area contributed by atoms with Crippen LogP contribution in [-0.2, 0) is 0 Å². The molecule has 0 aromatic heterocycles. The van der Waals surface area contributed by atoms with Crippen LogP contribution in [0.5, 0.6) is 0 Å². The number of rotatable bonds is 4. The quantitative estimate of drug-likeness (QED) is 0.488. The van der Waals surface area contributed by atoms with Gasteiger partial charge < -0.3 is 5.73 Å². The van der Waals surface area contributed by atoms with Crippen LogP contribution in [0, 0.1) is 10.1 Å². The zero-order valence-corrected chi connectivity index (χ0v) is 8.78. The summed E-state index contributed by atoms with van der Waals surface area (Å²) in [4.78, 5) is 10.1. The number of hydrogen-bond acceptors (Lipinski definition) is 3. The van der Waals surface area contributed by atoms with Gasteiger partial charge in [0, 0.05) is 12.1 Å².